The van der Waals surface area contributed by atoms with Gasteiger partial charge in [-0.25, -0.2) is 0 Å². The number of carbonyl (C=O) groups is 2. The highest BCUT2D eigenvalue weighted by molar-refractivity contribution is 9.10. The number of carboxylic acid groups (broad SMARTS) is 1. The van der Waals surface area contributed by atoms with E-state index in [-0.39, 0.29) is 12.3 Å². The quantitative estimate of drug-likeness (QED) is 0.265. The first kappa shape index (κ1) is 27.6. The number of carboxylic acids is 1. The van der Waals surface area contributed by atoms with E-state index in [2.05, 4.69) is 69.6 Å². The van der Waals surface area contributed by atoms with Gasteiger partial charge >= 0.3 is 5.97 Å². The molecule has 0 atom stereocenters. The number of hydrogen-bond donors (Lipinski definition) is 3. The lowest BCUT2D eigenvalue weighted by Crippen LogP contribution is -2.28. The van der Waals surface area contributed by atoms with Gasteiger partial charge in [0, 0.05) is 41.8 Å². The van der Waals surface area contributed by atoms with Crippen molar-refractivity contribution in [1.82, 2.24) is 9.80 Å². The SMILES string of the molecule is CN(C)CCN(C)Cc1ccc(N/C(=C2\C(=O)Nc3cc(Br)ccc32)c2cccc(CCC(=O)O)c2)cc1. The molecule has 8 heteroatoms. The Morgan fingerprint density at radius 1 is 0.974 bits per heavy atom. The molecule has 1 aliphatic heterocycles. The van der Waals surface area contributed by atoms with Gasteiger partial charge in [0.15, 0.2) is 0 Å². The van der Waals surface area contributed by atoms with Crippen LogP contribution in [0.4, 0.5) is 11.4 Å². The number of nitrogens with zero attached hydrogens (tertiary/aromatic N) is 2. The number of amides is 1. The number of aryl methyl sites for hydroxylation is 1. The number of nitrogens with one attached hydrogen (secondary N) is 2. The van der Waals surface area contributed by atoms with Crippen LogP contribution in [0.25, 0.3) is 11.3 Å². The minimum Gasteiger partial charge on any atom is -0.481 e. The largest absolute Gasteiger partial charge is 0.481 e. The number of anilines is 2. The standard InChI is InChI=1S/C30H33BrN4O3/c1-34(2)15-16-35(3)19-21-7-11-24(12-8-21)32-29(22-6-4-5-20(17-22)9-14-27(36)37)28-25-13-10-23(31)18-26(25)33-30(28)38/h4-8,10-13,17-18,32H,9,14-16,19H2,1-3H3,(H,33,38)(H,36,37)/b29-28-. The van der Waals surface area contributed by atoms with Crippen LogP contribution in [-0.2, 0) is 22.6 Å². The first-order chi connectivity index (χ1) is 18.2. The molecule has 1 heterocycles. The van der Waals surface area contributed by atoms with Gasteiger partial charge in [-0.15, -0.1) is 0 Å². The third-order valence-corrected chi connectivity index (χ3v) is 6.92. The highest BCUT2D eigenvalue weighted by Gasteiger charge is 2.28. The van der Waals surface area contributed by atoms with Crippen molar-refractivity contribution in [3.63, 3.8) is 0 Å². The van der Waals surface area contributed by atoms with Gasteiger partial charge in [0.1, 0.15) is 0 Å². The molecule has 0 fully saturated rings. The van der Waals surface area contributed by atoms with Crippen LogP contribution in [0.3, 0.4) is 0 Å². The van der Waals surface area contributed by atoms with Crippen LogP contribution in [0.5, 0.6) is 0 Å². The van der Waals surface area contributed by atoms with Crippen LogP contribution in [0.1, 0.15) is 28.7 Å². The van der Waals surface area contributed by atoms with Crippen molar-refractivity contribution in [2.24, 2.45) is 0 Å². The summed E-state index contributed by atoms with van der Waals surface area (Å²) in [6.07, 6.45) is 0.460. The minimum atomic E-state index is -0.839. The van der Waals surface area contributed by atoms with Crippen LogP contribution in [0.15, 0.2) is 71.2 Å². The number of hydrogen-bond acceptors (Lipinski definition) is 5. The van der Waals surface area contributed by atoms with Crippen molar-refractivity contribution < 1.29 is 14.7 Å². The topological polar surface area (TPSA) is 84.9 Å². The summed E-state index contributed by atoms with van der Waals surface area (Å²) in [6, 6.07) is 21.7. The summed E-state index contributed by atoms with van der Waals surface area (Å²) in [4.78, 5) is 28.8. The molecule has 1 aliphatic rings. The smallest absolute Gasteiger partial charge is 0.303 e. The summed E-state index contributed by atoms with van der Waals surface area (Å²) in [5.41, 5.74) is 6.58. The fourth-order valence-corrected chi connectivity index (χ4v) is 4.77. The molecule has 0 saturated carbocycles. The zero-order valence-corrected chi connectivity index (χ0v) is 23.5. The summed E-state index contributed by atoms with van der Waals surface area (Å²) in [7, 11) is 6.26. The zero-order chi connectivity index (χ0) is 27.2. The lowest BCUT2D eigenvalue weighted by atomic mass is 9.97. The van der Waals surface area contributed by atoms with E-state index < -0.39 is 5.97 Å². The van der Waals surface area contributed by atoms with E-state index in [0.717, 1.165) is 52.2 Å². The number of halogens is 1. The summed E-state index contributed by atoms with van der Waals surface area (Å²) >= 11 is 3.48. The maximum Gasteiger partial charge on any atom is 0.303 e. The highest BCUT2D eigenvalue weighted by atomic mass is 79.9. The Morgan fingerprint density at radius 3 is 2.45 bits per heavy atom. The van der Waals surface area contributed by atoms with Crippen molar-refractivity contribution in [2.45, 2.75) is 19.4 Å². The first-order valence-corrected chi connectivity index (χ1v) is 13.3. The first-order valence-electron chi connectivity index (χ1n) is 12.6. The molecule has 3 aromatic carbocycles. The van der Waals surface area contributed by atoms with E-state index in [0.29, 0.717) is 17.7 Å². The molecule has 0 aromatic heterocycles. The highest BCUT2D eigenvalue weighted by Crippen LogP contribution is 2.39. The number of likely N-dealkylation sites (N-methyl/N-ethyl adjacent to an activating group) is 2. The van der Waals surface area contributed by atoms with E-state index in [1.807, 2.05) is 54.6 Å². The van der Waals surface area contributed by atoms with Gasteiger partial charge in [-0.1, -0.05) is 52.3 Å². The summed E-state index contributed by atoms with van der Waals surface area (Å²) in [5.74, 6) is -1.02. The Bertz CT molecular complexity index is 1350. The van der Waals surface area contributed by atoms with Gasteiger partial charge in [0.05, 0.1) is 17.0 Å². The van der Waals surface area contributed by atoms with E-state index >= 15 is 0 Å². The molecular weight excluding hydrogens is 544 g/mol. The van der Waals surface area contributed by atoms with Crippen molar-refractivity contribution in [1.29, 1.82) is 0 Å². The van der Waals surface area contributed by atoms with Crippen LogP contribution >= 0.6 is 15.9 Å². The number of aliphatic carboxylic acids is 1. The Balaban J connectivity index is 1.67. The van der Waals surface area contributed by atoms with Gasteiger partial charge < -0.3 is 25.5 Å². The molecule has 0 spiro atoms. The molecule has 0 bridgehead atoms. The predicted molar refractivity (Wildman–Crippen MR) is 157 cm³/mol. The Kier molecular flexibility index (Phi) is 8.99. The predicted octanol–water partition coefficient (Wildman–Crippen LogP) is 5.39. The molecule has 0 radical (unpaired) electrons. The number of rotatable bonds is 11. The van der Waals surface area contributed by atoms with Gasteiger partial charge in [0.25, 0.3) is 5.91 Å². The molecule has 3 N–H and O–H groups in total. The van der Waals surface area contributed by atoms with Crippen LogP contribution in [0.2, 0.25) is 0 Å². The molecule has 0 aliphatic carbocycles. The third kappa shape index (κ3) is 7.10. The fourth-order valence-electron chi connectivity index (χ4n) is 4.41. The Hall–Kier alpha value is -3.46. The Morgan fingerprint density at radius 2 is 1.74 bits per heavy atom. The van der Waals surface area contributed by atoms with Crippen molar-refractivity contribution in [2.75, 3.05) is 44.9 Å². The van der Waals surface area contributed by atoms with E-state index in [1.54, 1.807) is 0 Å². The number of benzene rings is 3. The van der Waals surface area contributed by atoms with E-state index in [4.69, 9.17) is 5.11 Å². The molecule has 0 saturated heterocycles. The normalized spacial score (nSPS) is 14.0. The van der Waals surface area contributed by atoms with Gasteiger partial charge in [-0.3, -0.25) is 9.59 Å². The summed E-state index contributed by atoms with van der Waals surface area (Å²) in [5, 5.41) is 15.6. The van der Waals surface area contributed by atoms with Crippen LogP contribution in [-0.4, -0.2) is 61.0 Å². The van der Waals surface area contributed by atoms with Gasteiger partial charge in [0.2, 0.25) is 0 Å². The number of carbonyl (C=O) groups excluding carboxylic acids is 1. The molecule has 7 nitrogen and oxygen atoms in total. The molecule has 0 unspecified atom stereocenters. The lowest BCUT2D eigenvalue weighted by molar-refractivity contribution is -0.137. The summed E-state index contributed by atoms with van der Waals surface area (Å²) in [6.45, 7) is 2.82. The second-order valence-corrected chi connectivity index (χ2v) is 10.8. The molecule has 198 valence electrons. The van der Waals surface area contributed by atoms with Crippen LogP contribution < -0.4 is 10.6 Å². The van der Waals surface area contributed by atoms with Gasteiger partial charge in [-0.05, 0) is 74.6 Å². The van der Waals surface area contributed by atoms with E-state index in [1.165, 1.54) is 5.56 Å². The second kappa shape index (κ2) is 12.4. The number of fused-ring (bicyclic) bond motifs is 1. The average Bonchev–Trinajstić information content (AvgIpc) is 3.20. The fraction of sp³-hybridized carbons (Fsp3) is 0.267. The minimum absolute atomic E-state index is 0.0462. The third-order valence-electron chi connectivity index (χ3n) is 6.42. The average molecular weight is 578 g/mol. The second-order valence-electron chi connectivity index (χ2n) is 9.85. The molecule has 1 amide bonds. The molecule has 4 rings (SSSR count). The van der Waals surface area contributed by atoms with Crippen molar-refractivity contribution >= 4 is 50.5 Å². The van der Waals surface area contributed by atoms with E-state index in [9.17, 15) is 9.59 Å². The molecular formula is C30H33BrN4O3. The summed E-state index contributed by atoms with van der Waals surface area (Å²) < 4.78 is 0.883. The van der Waals surface area contributed by atoms with Crippen molar-refractivity contribution in [3.8, 4) is 0 Å². The molecule has 3 aromatic rings. The van der Waals surface area contributed by atoms with Gasteiger partial charge in [-0.2, -0.15) is 0 Å². The van der Waals surface area contributed by atoms with Crippen molar-refractivity contribution in [3.05, 3.63) is 93.5 Å². The maximum absolute atomic E-state index is 13.2. The molecule has 38 heavy (non-hydrogen) atoms. The zero-order valence-electron chi connectivity index (χ0n) is 21.9. The van der Waals surface area contributed by atoms with Crippen LogP contribution in [0, 0.1) is 0 Å². The monoisotopic (exact) mass is 576 g/mol. The lowest BCUT2D eigenvalue weighted by Gasteiger charge is -2.20. The maximum atomic E-state index is 13.2. The Labute approximate surface area is 232 Å².